The molecule has 2 aromatic heterocycles. The predicted octanol–water partition coefficient (Wildman–Crippen LogP) is 7.06. The van der Waals surface area contributed by atoms with E-state index in [2.05, 4.69) is 126 Å². The Bertz CT molecular complexity index is 901. The molecule has 2 aromatic rings. The summed E-state index contributed by atoms with van der Waals surface area (Å²) in [5.41, 5.74) is 0.0632. The van der Waals surface area contributed by atoms with Crippen LogP contribution in [-0.2, 0) is 36.2 Å². The van der Waals surface area contributed by atoms with E-state index < -0.39 is 7.25 Å². The summed E-state index contributed by atoms with van der Waals surface area (Å²) in [5, 5.41) is 0. The fraction of sp³-hybridized carbons (Fsp3) is 0.727. The van der Waals surface area contributed by atoms with Crippen molar-refractivity contribution in [2.75, 3.05) is 0 Å². The second-order valence-corrected chi connectivity index (χ2v) is 12.9. The van der Waals surface area contributed by atoms with Gasteiger partial charge in [0.05, 0.1) is 0 Å². The average Bonchev–Trinajstić information content (AvgIpc) is 3.07. The maximum atomic E-state index is 9.75. The Labute approximate surface area is 195 Å². The third-order valence-electron chi connectivity index (χ3n) is 4.48. The van der Waals surface area contributed by atoms with E-state index in [-0.39, 0.29) is 22.2 Å². The van der Waals surface area contributed by atoms with Crippen molar-refractivity contribution in [3.05, 3.63) is 33.4 Å². The van der Waals surface area contributed by atoms with Gasteiger partial charge in [-0.15, -0.1) is 0 Å². The second kappa shape index (κ2) is 9.17. The van der Waals surface area contributed by atoms with Crippen LogP contribution in [0.5, 0.6) is 0 Å². The van der Waals surface area contributed by atoms with E-state index in [1.165, 1.54) is 8.65 Å². The minimum absolute atomic E-state index is 0.0158. The van der Waals surface area contributed by atoms with Crippen molar-refractivity contribution in [3.63, 3.8) is 0 Å². The molecule has 191 valence electrons. The third-order valence-corrected chi connectivity index (χ3v) is 5.81. The fourth-order valence-electron chi connectivity index (χ4n) is 2.83. The Balaban J connectivity index is 0.000000920. The van der Waals surface area contributed by atoms with Crippen LogP contribution in [0.2, 0.25) is 0 Å². The quantitative estimate of drug-likeness (QED) is 0.267. The molecule has 0 aliphatic heterocycles. The molecule has 0 spiro atoms. The zero-order valence-electron chi connectivity index (χ0n) is 21.5. The summed E-state index contributed by atoms with van der Waals surface area (Å²) in [5.74, 6) is 0. The van der Waals surface area contributed by atoms with E-state index in [4.69, 9.17) is 0 Å². The number of imidazole rings is 2. The Kier molecular flexibility index (Phi) is 8.24. The van der Waals surface area contributed by atoms with Crippen LogP contribution in [0, 0.1) is 8.65 Å². The average molecular weight is 511 g/mol. The summed E-state index contributed by atoms with van der Waals surface area (Å²) in [7, 11) is -6.00. The maximum Gasteiger partial charge on any atom is 0.673 e. The summed E-state index contributed by atoms with van der Waals surface area (Å²) in [6.07, 6.45) is 8.88. The van der Waals surface area contributed by atoms with E-state index >= 15 is 0 Å². The first-order valence-corrected chi connectivity index (χ1v) is 11.6. The molecule has 0 bridgehead atoms. The summed E-state index contributed by atoms with van der Waals surface area (Å²) in [6.45, 7) is 27.2. The molecule has 0 aliphatic carbocycles. The number of aromatic nitrogens is 4. The zero-order chi connectivity index (χ0) is 25.5. The predicted molar refractivity (Wildman–Crippen MR) is 122 cm³/mol. The monoisotopic (exact) mass is 510 g/mol. The molecule has 0 radical (unpaired) electrons. The Morgan fingerprint density at radius 3 is 0.781 bits per heavy atom. The van der Waals surface area contributed by atoms with Crippen molar-refractivity contribution in [1.82, 2.24) is 18.3 Å². The van der Waals surface area contributed by atoms with Crippen LogP contribution < -0.4 is 0 Å². The number of hydrogen-bond donors (Lipinski definition) is 0. The van der Waals surface area contributed by atoms with E-state index in [1.54, 1.807) is 0 Å². The number of hydrogen-bond acceptors (Lipinski definition) is 0. The van der Waals surface area contributed by atoms with Gasteiger partial charge in [0.15, 0.2) is 0 Å². The molecule has 0 fully saturated rings. The van der Waals surface area contributed by atoms with Gasteiger partial charge < -0.3 is 17.3 Å². The molecule has 4 nitrogen and oxygen atoms in total. The van der Waals surface area contributed by atoms with Crippen LogP contribution in [0.4, 0.5) is 17.3 Å². The fourth-order valence-corrected chi connectivity index (χ4v) is 5.01. The summed E-state index contributed by atoms with van der Waals surface area (Å²) in [6, 6.07) is 0. The largest absolute Gasteiger partial charge is 0.673 e. The SMILES string of the molecule is CC(C)(C)n1ccn(C(C)(C)C)[c]1=[Cu]=[c]1n(C(C)(C)C)ccn1C(C)(C)C.F[B-](F)(F)F. The Morgan fingerprint density at radius 2 is 0.656 bits per heavy atom. The van der Waals surface area contributed by atoms with E-state index in [0.29, 0.717) is 0 Å². The van der Waals surface area contributed by atoms with Crippen molar-refractivity contribution >= 4 is 7.25 Å². The van der Waals surface area contributed by atoms with Crippen LogP contribution >= 0.6 is 0 Å². The first-order valence-electron chi connectivity index (χ1n) is 10.7. The first-order chi connectivity index (χ1) is 13.9. The van der Waals surface area contributed by atoms with Gasteiger partial charge in [0.2, 0.25) is 0 Å². The van der Waals surface area contributed by atoms with Gasteiger partial charge in [-0.25, -0.2) is 0 Å². The van der Waals surface area contributed by atoms with Crippen molar-refractivity contribution < 1.29 is 31.3 Å². The molecule has 10 heteroatoms. The third kappa shape index (κ3) is 7.94. The molecular formula is C22H40BCuF4N4-. The molecule has 0 N–H and O–H groups in total. The number of halogens is 4. The smallest absolute Gasteiger partial charge is 0.418 e. The summed E-state index contributed by atoms with van der Waals surface area (Å²) in [4.78, 5) is 0. The Hall–Kier alpha value is -1.28. The van der Waals surface area contributed by atoms with Crippen LogP contribution in [0.1, 0.15) is 83.1 Å². The molecule has 32 heavy (non-hydrogen) atoms. The standard InChI is InChI=1S/2C11H20N2.BF4.Cu/c2*1-10(2,3)12-7-8-13(9-12)11(4,5)6;2-1(3,4)5;/h2*7-8H,1-6H3;;/q;;-1;. The maximum absolute atomic E-state index is 9.75. The molecule has 2 heterocycles. The van der Waals surface area contributed by atoms with Crippen molar-refractivity contribution in [2.45, 2.75) is 105 Å². The van der Waals surface area contributed by atoms with E-state index in [9.17, 15) is 17.3 Å². The van der Waals surface area contributed by atoms with Crippen LogP contribution in [0.3, 0.4) is 0 Å². The van der Waals surface area contributed by atoms with E-state index in [0.717, 1.165) is 0 Å². The summed E-state index contributed by atoms with van der Waals surface area (Å²) >= 11 is 1.99. The molecule has 2 rings (SSSR count). The molecule has 0 saturated heterocycles. The van der Waals surface area contributed by atoms with Gasteiger partial charge in [-0.2, -0.15) is 0 Å². The minimum Gasteiger partial charge on any atom is -0.418 e. The molecule has 0 saturated carbocycles. The topological polar surface area (TPSA) is 19.7 Å². The normalized spacial score (nSPS) is 13.9. The van der Waals surface area contributed by atoms with Crippen LogP contribution in [0.25, 0.3) is 0 Å². The summed E-state index contributed by atoms with van der Waals surface area (Å²) < 4.78 is 51.1. The van der Waals surface area contributed by atoms with Gasteiger partial charge >= 0.3 is 178 Å². The minimum atomic E-state index is -6.00. The van der Waals surface area contributed by atoms with Crippen molar-refractivity contribution in [3.8, 4) is 0 Å². The molecule has 0 atom stereocenters. The van der Waals surface area contributed by atoms with Crippen LogP contribution in [-0.4, -0.2) is 25.5 Å². The van der Waals surface area contributed by atoms with Gasteiger partial charge in [0, 0.05) is 0 Å². The molecule has 0 unspecified atom stereocenters. The molecular weight excluding hydrogens is 471 g/mol. The van der Waals surface area contributed by atoms with Gasteiger partial charge in [0.25, 0.3) is 0 Å². The molecule has 0 aromatic carbocycles. The second-order valence-electron chi connectivity index (χ2n) is 11.8. The number of rotatable bonds is 0. The first kappa shape index (κ1) is 28.8. The molecule has 0 aliphatic rings. The van der Waals surface area contributed by atoms with Crippen molar-refractivity contribution in [1.29, 1.82) is 0 Å². The van der Waals surface area contributed by atoms with Gasteiger partial charge in [-0.3, -0.25) is 0 Å². The van der Waals surface area contributed by atoms with E-state index in [1.807, 2.05) is 14.1 Å². The van der Waals surface area contributed by atoms with Gasteiger partial charge in [-0.1, -0.05) is 0 Å². The van der Waals surface area contributed by atoms with Gasteiger partial charge in [-0.05, 0) is 0 Å². The van der Waals surface area contributed by atoms with Gasteiger partial charge in [0.1, 0.15) is 0 Å². The zero-order valence-corrected chi connectivity index (χ0v) is 22.4. The molecule has 0 amide bonds. The Morgan fingerprint density at radius 1 is 0.500 bits per heavy atom. The number of nitrogens with zero attached hydrogens (tertiary/aromatic N) is 4. The van der Waals surface area contributed by atoms with Crippen LogP contribution in [0.15, 0.2) is 24.8 Å². The van der Waals surface area contributed by atoms with Crippen molar-refractivity contribution in [2.24, 2.45) is 0 Å².